The van der Waals surface area contributed by atoms with Gasteiger partial charge in [0.15, 0.2) is 0 Å². The van der Waals surface area contributed by atoms with Gasteiger partial charge < -0.3 is 10.2 Å². The maximum Gasteiger partial charge on any atom is 0.244 e. The molecule has 0 saturated carbocycles. The normalized spacial score (nSPS) is 12.0. The van der Waals surface area contributed by atoms with Crippen LogP contribution in [0.5, 0.6) is 0 Å². The van der Waals surface area contributed by atoms with E-state index in [4.69, 9.17) is 23.2 Å². The predicted molar refractivity (Wildman–Crippen MR) is 148 cm³/mol. The summed E-state index contributed by atoms with van der Waals surface area (Å²) in [5, 5.41) is 3.30. The monoisotopic (exact) mass is 561 g/mol. The Morgan fingerprint density at radius 3 is 2.14 bits per heavy atom. The van der Waals surface area contributed by atoms with E-state index in [1.165, 1.54) is 11.9 Å². The number of carbonyl (C=O) groups is 2. The Bertz CT molecular complexity index is 1350. The van der Waals surface area contributed by atoms with Crippen LogP contribution in [0.15, 0.2) is 72.8 Å². The molecule has 0 aromatic heterocycles. The number of halogens is 2. The van der Waals surface area contributed by atoms with E-state index in [2.05, 4.69) is 5.32 Å². The highest BCUT2D eigenvalue weighted by molar-refractivity contribution is 7.92. The maximum atomic E-state index is 13.8. The highest BCUT2D eigenvalue weighted by atomic mass is 35.5. The Morgan fingerprint density at radius 1 is 0.919 bits per heavy atom. The van der Waals surface area contributed by atoms with Gasteiger partial charge in [0, 0.05) is 20.0 Å². The Labute approximate surface area is 228 Å². The SMILES string of the molecule is CNC(=O)[C@H](Cc1ccccc1)N(Cc1ccc(Cl)c(Cl)c1)C(=O)CN(c1ccc(C)cc1)S(C)(=O)=O. The molecule has 3 aromatic rings. The minimum atomic E-state index is -3.81. The lowest BCUT2D eigenvalue weighted by molar-refractivity contribution is -0.139. The van der Waals surface area contributed by atoms with Gasteiger partial charge in [0.2, 0.25) is 21.8 Å². The summed E-state index contributed by atoms with van der Waals surface area (Å²) in [5.41, 5.74) is 2.80. The molecule has 196 valence electrons. The minimum absolute atomic E-state index is 0.0200. The first-order chi connectivity index (χ1) is 17.5. The van der Waals surface area contributed by atoms with Crippen molar-refractivity contribution >= 4 is 50.7 Å². The molecule has 1 atom stereocenters. The van der Waals surface area contributed by atoms with Crippen LogP contribution in [-0.2, 0) is 32.6 Å². The van der Waals surface area contributed by atoms with Crippen molar-refractivity contribution in [3.63, 3.8) is 0 Å². The van der Waals surface area contributed by atoms with Crippen molar-refractivity contribution in [2.75, 3.05) is 24.2 Å². The number of carbonyl (C=O) groups excluding carboxylic acids is 2. The van der Waals surface area contributed by atoms with Crippen molar-refractivity contribution in [1.29, 1.82) is 0 Å². The van der Waals surface area contributed by atoms with Crippen molar-refractivity contribution in [2.24, 2.45) is 0 Å². The van der Waals surface area contributed by atoms with Gasteiger partial charge in [-0.3, -0.25) is 13.9 Å². The number of nitrogens with one attached hydrogen (secondary N) is 1. The number of aryl methyl sites for hydroxylation is 1. The highest BCUT2D eigenvalue weighted by Gasteiger charge is 2.32. The molecule has 1 N–H and O–H groups in total. The molecule has 0 fully saturated rings. The molecule has 0 aliphatic heterocycles. The van der Waals surface area contributed by atoms with E-state index in [-0.39, 0.29) is 18.9 Å². The Morgan fingerprint density at radius 2 is 1.57 bits per heavy atom. The Hall–Kier alpha value is -3.07. The predicted octanol–water partition coefficient (Wildman–Crippen LogP) is 4.45. The van der Waals surface area contributed by atoms with Crippen molar-refractivity contribution in [2.45, 2.75) is 25.9 Å². The minimum Gasteiger partial charge on any atom is -0.357 e. The molecule has 10 heteroatoms. The van der Waals surface area contributed by atoms with Crippen LogP contribution < -0.4 is 9.62 Å². The molecule has 0 heterocycles. The average molecular weight is 563 g/mol. The molecule has 0 bridgehead atoms. The molecule has 0 unspecified atom stereocenters. The lowest BCUT2D eigenvalue weighted by atomic mass is 10.0. The van der Waals surface area contributed by atoms with Crippen LogP contribution in [0, 0.1) is 6.92 Å². The summed E-state index contributed by atoms with van der Waals surface area (Å²) in [7, 11) is -2.31. The van der Waals surface area contributed by atoms with Gasteiger partial charge >= 0.3 is 0 Å². The van der Waals surface area contributed by atoms with E-state index in [0.29, 0.717) is 21.3 Å². The second-order valence-corrected chi connectivity index (χ2v) is 11.4. The molecule has 3 aromatic carbocycles. The van der Waals surface area contributed by atoms with Crippen molar-refractivity contribution in [3.8, 4) is 0 Å². The van der Waals surface area contributed by atoms with Crippen LogP contribution in [0.25, 0.3) is 0 Å². The molecule has 2 amide bonds. The number of hydrogen-bond donors (Lipinski definition) is 1. The van der Waals surface area contributed by atoms with E-state index < -0.39 is 28.5 Å². The summed E-state index contributed by atoms with van der Waals surface area (Å²) < 4.78 is 26.5. The molecular formula is C27H29Cl2N3O4S. The lowest BCUT2D eigenvalue weighted by Crippen LogP contribution is -2.52. The van der Waals surface area contributed by atoms with Crippen LogP contribution in [0.4, 0.5) is 5.69 Å². The third-order valence-electron chi connectivity index (χ3n) is 5.86. The first kappa shape index (κ1) is 28.5. The van der Waals surface area contributed by atoms with Gasteiger partial charge in [0.25, 0.3) is 0 Å². The van der Waals surface area contributed by atoms with Crippen LogP contribution in [0.2, 0.25) is 10.0 Å². The van der Waals surface area contributed by atoms with E-state index in [1.807, 2.05) is 37.3 Å². The van der Waals surface area contributed by atoms with Crippen LogP contribution in [-0.4, -0.2) is 51.0 Å². The lowest BCUT2D eigenvalue weighted by Gasteiger charge is -2.33. The van der Waals surface area contributed by atoms with E-state index >= 15 is 0 Å². The van der Waals surface area contributed by atoms with Crippen LogP contribution >= 0.6 is 23.2 Å². The van der Waals surface area contributed by atoms with Gasteiger partial charge in [-0.25, -0.2) is 8.42 Å². The quantitative estimate of drug-likeness (QED) is 0.396. The second-order valence-electron chi connectivity index (χ2n) is 8.70. The van der Waals surface area contributed by atoms with E-state index in [0.717, 1.165) is 21.7 Å². The molecule has 7 nitrogen and oxygen atoms in total. The van der Waals surface area contributed by atoms with Gasteiger partial charge in [0.1, 0.15) is 12.6 Å². The fourth-order valence-electron chi connectivity index (χ4n) is 3.88. The standard InChI is InChI=1S/C27H29Cl2N3O4S/c1-19-9-12-22(13-10-19)32(37(3,35)36)18-26(33)31(17-21-11-14-23(28)24(29)15-21)25(27(34)30-2)16-20-7-5-4-6-8-20/h4-15,25H,16-18H2,1-3H3,(H,30,34)/t25-/m0/s1. The number of anilines is 1. The number of nitrogens with zero attached hydrogens (tertiary/aromatic N) is 2. The topological polar surface area (TPSA) is 86.8 Å². The fraction of sp³-hybridized carbons (Fsp3) is 0.259. The van der Waals surface area contributed by atoms with Crippen LogP contribution in [0.1, 0.15) is 16.7 Å². The number of amides is 2. The van der Waals surface area contributed by atoms with Gasteiger partial charge in [-0.2, -0.15) is 0 Å². The smallest absolute Gasteiger partial charge is 0.244 e. The first-order valence-corrected chi connectivity index (χ1v) is 14.1. The number of rotatable bonds is 10. The summed E-state index contributed by atoms with van der Waals surface area (Å²) in [5.74, 6) is -0.917. The maximum absolute atomic E-state index is 13.8. The molecule has 0 aliphatic carbocycles. The third kappa shape index (κ3) is 7.71. The van der Waals surface area contributed by atoms with Crippen molar-refractivity contribution < 1.29 is 18.0 Å². The molecule has 3 rings (SSSR count). The summed E-state index contributed by atoms with van der Waals surface area (Å²) in [6, 6.07) is 20.2. The van der Waals surface area contributed by atoms with Crippen molar-refractivity contribution in [1.82, 2.24) is 10.2 Å². The number of likely N-dealkylation sites (N-methyl/N-ethyl adjacent to an activating group) is 1. The van der Waals surface area contributed by atoms with E-state index in [1.54, 1.807) is 42.5 Å². The average Bonchev–Trinajstić information content (AvgIpc) is 2.86. The van der Waals surface area contributed by atoms with Gasteiger partial charge in [-0.05, 0) is 42.3 Å². The molecule has 37 heavy (non-hydrogen) atoms. The summed E-state index contributed by atoms with van der Waals surface area (Å²) in [6.07, 6.45) is 1.28. The summed E-state index contributed by atoms with van der Waals surface area (Å²) in [6.45, 7) is 1.42. The zero-order chi connectivity index (χ0) is 27.2. The molecule has 0 spiro atoms. The zero-order valence-corrected chi connectivity index (χ0v) is 23.1. The van der Waals surface area contributed by atoms with Crippen molar-refractivity contribution in [3.05, 3.63) is 99.5 Å². The molecule has 0 aliphatic rings. The summed E-state index contributed by atoms with van der Waals surface area (Å²) >= 11 is 12.3. The van der Waals surface area contributed by atoms with Gasteiger partial charge in [-0.1, -0.05) is 77.3 Å². The summed E-state index contributed by atoms with van der Waals surface area (Å²) in [4.78, 5) is 28.3. The van der Waals surface area contributed by atoms with Gasteiger partial charge in [-0.15, -0.1) is 0 Å². The highest BCUT2D eigenvalue weighted by Crippen LogP contribution is 2.25. The largest absolute Gasteiger partial charge is 0.357 e. The second kappa shape index (κ2) is 12.4. The van der Waals surface area contributed by atoms with E-state index in [9.17, 15) is 18.0 Å². The fourth-order valence-corrected chi connectivity index (χ4v) is 5.05. The molecule has 0 radical (unpaired) electrons. The molecule has 0 saturated heterocycles. The number of hydrogen-bond acceptors (Lipinski definition) is 4. The third-order valence-corrected chi connectivity index (χ3v) is 7.74. The number of benzene rings is 3. The zero-order valence-electron chi connectivity index (χ0n) is 20.8. The molecular weight excluding hydrogens is 533 g/mol. The van der Waals surface area contributed by atoms with Gasteiger partial charge in [0.05, 0.1) is 22.0 Å². The Balaban J connectivity index is 2.03. The van der Waals surface area contributed by atoms with Crippen LogP contribution in [0.3, 0.4) is 0 Å². The first-order valence-electron chi connectivity index (χ1n) is 11.5. The Kier molecular flexibility index (Phi) is 9.59. The number of sulfonamides is 1.